The maximum atomic E-state index is 2.42. The standard InChI is InChI=1S/C46H37NS/c1-45(2)38-18-10-8-16-36(38)42-43(45)37-28-25-31(29-39(37)46(42,3)4)22-21-30-23-26-33(27-24-30)47(32-13-6-5-7-14-32)40-19-12-17-35-34-15-9-11-20-41(34)48-44(35)40/h5-29H,1-4H3/b22-21+. The molecule has 6 aromatic carbocycles. The van der Waals surface area contributed by atoms with Gasteiger partial charge in [-0.2, -0.15) is 0 Å². The summed E-state index contributed by atoms with van der Waals surface area (Å²) in [6, 6.07) is 51.2. The lowest BCUT2D eigenvalue weighted by Gasteiger charge is -2.28. The van der Waals surface area contributed by atoms with Gasteiger partial charge in [0.15, 0.2) is 0 Å². The summed E-state index contributed by atoms with van der Waals surface area (Å²) < 4.78 is 2.62. The zero-order chi connectivity index (χ0) is 32.6. The highest BCUT2D eigenvalue weighted by atomic mass is 32.1. The van der Waals surface area contributed by atoms with Crippen molar-refractivity contribution in [1.29, 1.82) is 0 Å². The summed E-state index contributed by atoms with van der Waals surface area (Å²) >= 11 is 1.87. The number of rotatable bonds is 5. The molecule has 7 aromatic rings. The van der Waals surface area contributed by atoms with Crippen LogP contribution in [0.4, 0.5) is 17.1 Å². The number of hydrogen-bond acceptors (Lipinski definition) is 2. The van der Waals surface area contributed by atoms with Crippen LogP contribution in [0.1, 0.15) is 61.1 Å². The Hall–Kier alpha value is -5.18. The first-order valence-electron chi connectivity index (χ1n) is 16.9. The topological polar surface area (TPSA) is 3.24 Å². The van der Waals surface area contributed by atoms with Gasteiger partial charge in [-0.25, -0.2) is 0 Å². The first-order valence-corrected chi connectivity index (χ1v) is 17.7. The Morgan fingerprint density at radius 1 is 0.500 bits per heavy atom. The highest BCUT2D eigenvalue weighted by molar-refractivity contribution is 7.26. The Labute approximate surface area is 287 Å². The molecule has 1 aromatic heterocycles. The van der Waals surface area contributed by atoms with E-state index in [0.717, 1.165) is 11.4 Å². The fourth-order valence-corrected chi connectivity index (χ4v) is 9.53. The predicted octanol–water partition coefficient (Wildman–Crippen LogP) is 13.2. The monoisotopic (exact) mass is 635 g/mol. The molecule has 1 nitrogen and oxygen atoms in total. The van der Waals surface area contributed by atoms with Crippen molar-refractivity contribution in [3.8, 4) is 0 Å². The van der Waals surface area contributed by atoms with Crippen molar-refractivity contribution in [2.24, 2.45) is 0 Å². The first kappa shape index (κ1) is 29.0. The van der Waals surface area contributed by atoms with Crippen LogP contribution in [0.25, 0.3) is 43.5 Å². The fourth-order valence-electron chi connectivity index (χ4n) is 8.32. The maximum Gasteiger partial charge on any atom is 0.0640 e. The predicted molar refractivity (Wildman–Crippen MR) is 209 cm³/mol. The van der Waals surface area contributed by atoms with Crippen molar-refractivity contribution in [3.63, 3.8) is 0 Å². The number of nitrogens with zero attached hydrogens (tertiary/aromatic N) is 1. The van der Waals surface area contributed by atoms with Crippen LogP contribution in [0.15, 0.2) is 140 Å². The second-order valence-electron chi connectivity index (χ2n) is 14.2. The molecule has 0 spiro atoms. The third kappa shape index (κ3) is 4.29. The van der Waals surface area contributed by atoms with E-state index in [1.165, 1.54) is 70.4 Å². The summed E-state index contributed by atoms with van der Waals surface area (Å²) in [5.41, 5.74) is 14.6. The lowest BCUT2D eigenvalue weighted by Crippen LogP contribution is -2.19. The van der Waals surface area contributed by atoms with Gasteiger partial charge in [-0.1, -0.05) is 143 Å². The SMILES string of the molecule is CC1(C)C2=C(c3ccccc31)C(C)(C)c1cc(/C=C/c3ccc(N(c4ccccc4)c4cccc5c4sc4ccccc45)cc3)ccc12. The third-order valence-corrected chi connectivity index (χ3v) is 11.8. The van der Waals surface area contributed by atoms with E-state index in [1.807, 2.05) is 11.3 Å². The second kappa shape index (κ2) is 10.7. The van der Waals surface area contributed by atoms with Crippen LogP contribution in [0.3, 0.4) is 0 Å². The molecule has 0 fully saturated rings. The molecule has 48 heavy (non-hydrogen) atoms. The van der Waals surface area contributed by atoms with E-state index in [4.69, 9.17) is 0 Å². The Kier molecular flexibility index (Phi) is 6.44. The van der Waals surface area contributed by atoms with E-state index >= 15 is 0 Å². The number of thiophene rings is 1. The van der Waals surface area contributed by atoms with E-state index in [2.05, 4.69) is 184 Å². The largest absolute Gasteiger partial charge is 0.309 e. The lowest BCUT2D eigenvalue weighted by atomic mass is 9.75. The van der Waals surface area contributed by atoms with Gasteiger partial charge in [0.25, 0.3) is 0 Å². The van der Waals surface area contributed by atoms with Crippen molar-refractivity contribution in [2.75, 3.05) is 4.90 Å². The molecule has 0 bridgehead atoms. The van der Waals surface area contributed by atoms with Gasteiger partial charge < -0.3 is 4.90 Å². The third-order valence-electron chi connectivity index (χ3n) is 10.6. The minimum Gasteiger partial charge on any atom is -0.309 e. The number of allylic oxidation sites excluding steroid dienone is 2. The van der Waals surface area contributed by atoms with Crippen molar-refractivity contribution in [1.82, 2.24) is 0 Å². The van der Waals surface area contributed by atoms with Crippen LogP contribution >= 0.6 is 11.3 Å². The summed E-state index contributed by atoms with van der Waals surface area (Å²) in [6.45, 7) is 9.57. The average Bonchev–Trinajstić information content (AvgIpc) is 3.70. The summed E-state index contributed by atoms with van der Waals surface area (Å²) in [4.78, 5) is 2.39. The van der Waals surface area contributed by atoms with Gasteiger partial charge in [-0.15, -0.1) is 11.3 Å². The van der Waals surface area contributed by atoms with Gasteiger partial charge in [0.2, 0.25) is 0 Å². The highest BCUT2D eigenvalue weighted by Crippen LogP contribution is 2.62. The Morgan fingerprint density at radius 3 is 1.92 bits per heavy atom. The van der Waals surface area contributed by atoms with Crippen LogP contribution in [-0.4, -0.2) is 0 Å². The number of fused-ring (bicyclic) bond motifs is 7. The normalized spacial score (nSPS) is 15.7. The quantitative estimate of drug-likeness (QED) is 0.170. The minimum absolute atomic E-state index is 0.00365. The van der Waals surface area contributed by atoms with Crippen LogP contribution < -0.4 is 4.90 Å². The summed E-state index contributed by atoms with van der Waals surface area (Å²) in [5.74, 6) is 0. The zero-order valence-electron chi connectivity index (χ0n) is 27.8. The van der Waals surface area contributed by atoms with Crippen LogP contribution in [0.5, 0.6) is 0 Å². The van der Waals surface area contributed by atoms with Gasteiger partial charge in [0.1, 0.15) is 0 Å². The van der Waals surface area contributed by atoms with Crippen LogP contribution in [-0.2, 0) is 10.8 Å². The molecule has 0 N–H and O–H groups in total. The molecule has 0 aliphatic heterocycles. The molecule has 0 saturated carbocycles. The first-order chi connectivity index (χ1) is 23.3. The van der Waals surface area contributed by atoms with Crippen LogP contribution in [0, 0.1) is 0 Å². The number of para-hydroxylation sites is 1. The van der Waals surface area contributed by atoms with Crippen LogP contribution in [0.2, 0.25) is 0 Å². The van der Waals surface area contributed by atoms with E-state index in [1.54, 1.807) is 0 Å². The maximum absolute atomic E-state index is 2.42. The van der Waals surface area contributed by atoms with E-state index in [-0.39, 0.29) is 10.8 Å². The van der Waals surface area contributed by atoms with Gasteiger partial charge >= 0.3 is 0 Å². The molecule has 1 heterocycles. The lowest BCUT2D eigenvalue weighted by molar-refractivity contribution is 0.694. The molecular formula is C46H37NS. The molecule has 0 atom stereocenters. The van der Waals surface area contributed by atoms with Crippen molar-refractivity contribution >= 4 is 71.9 Å². The van der Waals surface area contributed by atoms with E-state index in [0.29, 0.717) is 0 Å². The van der Waals surface area contributed by atoms with Gasteiger partial charge in [0.05, 0.1) is 10.4 Å². The summed E-state index contributed by atoms with van der Waals surface area (Å²) in [5, 5.41) is 2.62. The van der Waals surface area contributed by atoms with Gasteiger partial charge in [-0.3, -0.25) is 0 Å². The smallest absolute Gasteiger partial charge is 0.0640 e. The molecule has 0 unspecified atom stereocenters. The Bertz CT molecular complexity index is 2440. The fraction of sp³-hybridized carbons (Fsp3) is 0.130. The number of hydrogen-bond donors (Lipinski definition) is 0. The van der Waals surface area contributed by atoms with Gasteiger partial charge in [0, 0.05) is 37.7 Å². The number of anilines is 3. The average molecular weight is 636 g/mol. The highest BCUT2D eigenvalue weighted by Gasteiger charge is 2.49. The molecule has 232 valence electrons. The Morgan fingerprint density at radius 2 is 1.10 bits per heavy atom. The van der Waals surface area contributed by atoms with Gasteiger partial charge in [-0.05, 0) is 80.9 Å². The molecule has 0 saturated heterocycles. The summed E-state index contributed by atoms with van der Waals surface area (Å²) in [6.07, 6.45) is 4.51. The molecule has 0 radical (unpaired) electrons. The van der Waals surface area contributed by atoms with Crippen molar-refractivity contribution in [2.45, 2.75) is 38.5 Å². The molecule has 2 aliphatic carbocycles. The number of benzene rings is 6. The molecule has 2 aliphatic rings. The second-order valence-corrected chi connectivity index (χ2v) is 15.3. The molecule has 2 heteroatoms. The van der Waals surface area contributed by atoms with E-state index in [9.17, 15) is 0 Å². The summed E-state index contributed by atoms with van der Waals surface area (Å²) in [7, 11) is 0. The molecular weight excluding hydrogens is 599 g/mol. The minimum atomic E-state index is -0.0434. The van der Waals surface area contributed by atoms with E-state index < -0.39 is 0 Å². The molecule has 9 rings (SSSR count). The Balaban J connectivity index is 1.05. The van der Waals surface area contributed by atoms with Crippen molar-refractivity contribution in [3.05, 3.63) is 173 Å². The zero-order valence-corrected chi connectivity index (χ0v) is 28.6. The van der Waals surface area contributed by atoms with Crippen molar-refractivity contribution < 1.29 is 0 Å². The molecule has 0 amide bonds.